The van der Waals surface area contributed by atoms with Gasteiger partial charge in [0.1, 0.15) is 0 Å². The van der Waals surface area contributed by atoms with Crippen LogP contribution in [0.1, 0.15) is 51.7 Å². The molecule has 0 atom stereocenters. The molecule has 1 fully saturated rings. The zero-order valence-electron chi connectivity index (χ0n) is 16.2. The number of amides is 2. The maximum Gasteiger partial charge on any atom is 0.226 e. The zero-order valence-corrected chi connectivity index (χ0v) is 16.2. The highest BCUT2D eigenvalue weighted by atomic mass is 16.2. The van der Waals surface area contributed by atoms with Crippen molar-refractivity contribution in [3.63, 3.8) is 0 Å². The molecular weight excluding hydrogens is 326 g/mol. The van der Waals surface area contributed by atoms with E-state index in [0.29, 0.717) is 25.2 Å². The van der Waals surface area contributed by atoms with Crippen LogP contribution in [0, 0.1) is 23.2 Å². The van der Waals surface area contributed by atoms with E-state index in [1.165, 1.54) is 0 Å². The van der Waals surface area contributed by atoms with Crippen molar-refractivity contribution in [2.75, 3.05) is 13.1 Å². The second-order valence-electron chi connectivity index (χ2n) is 7.62. The van der Waals surface area contributed by atoms with Gasteiger partial charge in [-0.05, 0) is 44.4 Å². The first-order chi connectivity index (χ1) is 12.3. The minimum atomic E-state index is -0.0213. The highest BCUT2D eigenvalue weighted by Gasteiger charge is 2.31. The summed E-state index contributed by atoms with van der Waals surface area (Å²) >= 11 is 0. The largest absolute Gasteiger partial charge is 0.342 e. The van der Waals surface area contributed by atoms with Crippen LogP contribution in [0.15, 0.2) is 24.3 Å². The van der Waals surface area contributed by atoms with E-state index in [1.807, 2.05) is 49.6 Å². The number of hydrogen-bond acceptors (Lipinski definition) is 3. The number of benzene rings is 1. The van der Waals surface area contributed by atoms with Gasteiger partial charge in [0, 0.05) is 37.5 Å². The summed E-state index contributed by atoms with van der Waals surface area (Å²) in [7, 11) is 0. The van der Waals surface area contributed by atoms with Gasteiger partial charge in [-0.1, -0.05) is 26.0 Å². The van der Waals surface area contributed by atoms with Gasteiger partial charge in [-0.2, -0.15) is 5.26 Å². The van der Waals surface area contributed by atoms with Gasteiger partial charge in [0.15, 0.2) is 0 Å². The number of nitriles is 1. The molecule has 26 heavy (non-hydrogen) atoms. The fraction of sp³-hybridized carbons (Fsp3) is 0.571. The van der Waals surface area contributed by atoms with Crippen molar-refractivity contribution in [3.8, 4) is 6.07 Å². The standard InChI is InChI=1S/C21H29N3O2/c1-15(2)20(25)23-11-9-19(10-12-23)21(26)24(16(3)4)14-18-7-5-17(13-22)6-8-18/h5-8,15-16,19H,9-12,14H2,1-4H3. The Morgan fingerprint density at radius 3 is 2.19 bits per heavy atom. The van der Waals surface area contributed by atoms with E-state index in [1.54, 1.807) is 12.1 Å². The first kappa shape index (κ1) is 20.0. The van der Waals surface area contributed by atoms with Crippen molar-refractivity contribution in [2.45, 2.75) is 53.1 Å². The Hall–Kier alpha value is -2.35. The summed E-state index contributed by atoms with van der Waals surface area (Å²) in [4.78, 5) is 29.0. The lowest BCUT2D eigenvalue weighted by Crippen LogP contribution is -2.46. The van der Waals surface area contributed by atoms with Crippen molar-refractivity contribution in [3.05, 3.63) is 35.4 Å². The van der Waals surface area contributed by atoms with Gasteiger partial charge in [-0.25, -0.2) is 0 Å². The predicted octanol–water partition coefficient (Wildman–Crippen LogP) is 3.19. The van der Waals surface area contributed by atoms with Crippen LogP contribution < -0.4 is 0 Å². The molecule has 2 rings (SSSR count). The fourth-order valence-corrected chi connectivity index (χ4v) is 3.34. The Balaban J connectivity index is 2.00. The second kappa shape index (κ2) is 8.84. The third-order valence-electron chi connectivity index (χ3n) is 4.99. The van der Waals surface area contributed by atoms with Gasteiger partial charge >= 0.3 is 0 Å². The van der Waals surface area contributed by atoms with E-state index in [9.17, 15) is 9.59 Å². The molecule has 1 aromatic rings. The highest BCUT2D eigenvalue weighted by Crippen LogP contribution is 2.23. The second-order valence-corrected chi connectivity index (χ2v) is 7.62. The van der Waals surface area contributed by atoms with Crippen LogP contribution in [0.4, 0.5) is 0 Å². The Kier molecular flexibility index (Phi) is 6.79. The fourth-order valence-electron chi connectivity index (χ4n) is 3.34. The number of rotatable bonds is 5. The summed E-state index contributed by atoms with van der Waals surface area (Å²) in [5.41, 5.74) is 1.65. The third-order valence-corrected chi connectivity index (χ3v) is 4.99. The monoisotopic (exact) mass is 355 g/mol. The molecule has 0 radical (unpaired) electrons. The van der Waals surface area contributed by atoms with Gasteiger partial charge in [0.2, 0.25) is 11.8 Å². The number of carbonyl (C=O) groups excluding carboxylic acids is 2. The highest BCUT2D eigenvalue weighted by molar-refractivity contribution is 5.81. The molecule has 0 aliphatic carbocycles. The molecule has 0 bridgehead atoms. The summed E-state index contributed by atoms with van der Waals surface area (Å²) in [5.74, 6) is 0.327. The first-order valence-electron chi connectivity index (χ1n) is 9.41. The van der Waals surface area contributed by atoms with Gasteiger partial charge in [-0.3, -0.25) is 9.59 Å². The summed E-state index contributed by atoms with van der Waals surface area (Å²) in [5, 5.41) is 8.91. The summed E-state index contributed by atoms with van der Waals surface area (Å²) < 4.78 is 0. The van der Waals surface area contributed by atoms with Crippen molar-refractivity contribution in [1.29, 1.82) is 5.26 Å². The van der Waals surface area contributed by atoms with E-state index in [4.69, 9.17) is 5.26 Å². The molecule has 0 saturated carbocycles. The van der Waals surface area contributed by atoms with Crippen LogP contribution in [-0.4, -0.2) is 40.7 Å². The number of piperidine rings is 1. The SMILES string of the molecule is CC(C)C(=O)N1CCC(C(=O)N(Cc2ccc(C#N)cc2)C(C)C)CC1. The number of nitrogens with zero attached hydrogens (tertiary/aromatic N) is 3. The van der Waals surface area contributed by atoms with Crippen LogP contribution in [0.5, 0.6) is 0 Å². The molecule has 1 saturated heterocycles. The minimum Gasteiger partial charge on any atom is -0.342 e. The van der Waals surface area contributed by atoms with E-state index in [-0.39, 0.29) is 29.7 Å². The summed E-state index contributed by atoms with van der Waals surface area (Å²) in [6.45, 7) is 9.76. The van der Waals surface area contributed by atoms with Crippen LogP contribution in [0.2, 0.25) is 0 Å². The third kappa shape index (κ3) is 4.85. The zero-order chi connectivity index (χ0) is 19.3. The number of likely N-dealkylation sites (tertiary alicyclic amines) is 1. The Bertz CT molecular complexity index is 665. The maximum atomic E-state index is 13.0. The average Bonchev–Trinajstić information content (AvgIpc) is 2.65. The van der Waals surface area contributed by atoms with E-state index < -0.39 is 0 Å². The van der Waals surface area contributed by atoms with E-state index in [0.717, 1.165) is 18.4 Å². The van der Waals surface area contributed by atoms with Crippen LogP contribution in [0.3, 0.4) is 0 Å². The molecule has 0 spiro atoms. The normalized spacial score (nSPS) is 15.2. The van der Waals surface area contributed by atoms with Crippen LogP contribution in [-0.2, 0) is 16.1 Å². The molecule has 0 N–H and O–H groups in total. The molecular formula is C21H29N3O2. The summed E-state index contributed by atoms with van der Waals surface area (Å²) in [6, 6.07) is 9.61. The van der Waals surface area contributed by atoms with Gasteiger partial charge in [0.25, 0.3) is 0 Å². The molecule has 5 heteroatoms. The molecule has 1 heterocycles. The lowest BCUT2D eigenvalue weighted by atomic mass is 9.93. The van der Waals surface area contributed by atoms with Crippen molar-refractivity contribution < 1.29 is 9.59 Å². The first-order valence-corrected chi connectivity index (χ1v) is 9.41. The topological polar surface area (TPSA) is 64.4 Å². The van der Waals surface area contributed by atoms with Crippen LogP contribution in [0.25, 0.3) is 0 Å². The molecule has 0 unspecified atom stereocenters. The van der Waals surface area contributed by atoms with Crippen molar-refractivity contribution in [1.82, 2.24) is 9.80 Å². The molecule has 1 aliphatic rings. The van der Waals surface area contributed by atoms with Crippen LogP contribution >= 0.6 is 0 Å². The van der Waals surface area contributed by atoms with Gasteiger partial charge < -0.3 is 9.80 Å². The number of hydrogen-bond donors (Lipinski definition) is 0. The minimum absolute atomic E-state index is 0.00537. The Labute approximate surface area is 156 Å². The summed E-state index contributed by atoms with van der Waals surface area (Å²) in [6.07, 6.45) is 1.46. The lowest BCUT2D eigenvalue weighted by molar-refractivity contribution is -0.143. The lowest BCUT2D eigenvalue weighted by Gasteiger charge is -2.36. The Morgan fingerprint density at radius 2 is 1.73 bits per heavy atom. The van der Waals surface area contributed by atoms with E-state index >= 15 is 0 Å². The number of carbonyl (C=O) groups is 2. The average molecular weight is 355 g/mol. The van der Waals surface area contributed by atoms with Gasteiger partial charge in [0.05, 0.1) is 11.6 Å². The smallest absolute Gasteiger partial charge is 0.226 e. The van der Waals surface area contributed by atoms with Crippen molar-refractivity contribution >= 4 is 11.8 Å². The molecule has 140 valence electrons. The Morgan fingerprint density at radius 1 is 1.15 bits per heavy atom. The van der Waals surface area contributed by atoms with E-state index in [2.05, 4.69) is 6.07 Å². The predicted molar refractivity (Wildman–Crippen MR) is 101 cm³/mol. The molecule has 1 aromatic carbocycles. The quantitative estimate of drug-likeness (QED) is 0.815. The molecule has 5 nitrogen and oxygen atoms in total. The molecule has 2 amide bonds. The maximum absolute atomic E-state index is 13.0. The van der Waals surface area contributed by atoms with Gasteiger partial charge in [-0.15, -0.1) is 0 Å². The molecule has 0 aromatic heterocycles. The van der Waals surface area contributed by atoms with Crippen molar-refractivity contribution in [2.24, 2.45) is 11.8 Å². The molecule has 1 aliphatic heterocycles.